The van der Waals surface area contributed by atoms with E-state index in [0.29, 0.717) is 5.69 Å². The summed E-state index contributed by atoms with van der Waals surface area (Å²) in [5, 5.41) is 3.20. The molecule has 0 aliphatic carbocycles. The molecule has 2 nitrogen and oxygen atoms in total. The third kappa shape index (κ3) is 2.62. The van der Waals surface area contributed by atoms with Gasteiger partial charge in [0.05, 0.1) is 11.4 Å². The van der Waals surface area contributed by atoms with Crippen LogP contribution in [-0.4, -0.2) is 0 Å². The second-order valence-electron chi connectivity index (χ2n) is 4.23. The van der Waals surface area contributed by atoms with Gasteiger partial charge in [0.1, 0.15) is 5.82 Å². The molecule has 18 heavy (non-hydrogen) atoms. The molecule has 0 saturated carbocycles. The highest BCUT2D eigenvalue weighted by Crippen LogP contribution is 2.27. The summed E-state index contributed by atoms with van der Waals surface area (Å²) in [6, 6.07) is 12.8. The van der Waals surface area contributed by atoms with Gasteiger partial charge in [0.2, 0.25) is 0 Å². The number of hydrogen-bond donors (Lipinski definition) is 2. The molecule has 2 aromatic rings. The van der Waals surface area contributed by atoms with Gasteiger partial charge in [-0.2, -0.15) is 0 Å². The topological polar surface area (TPSA) is 38.0 Å². The van der Waals surface area contributed by atoms with E-state index in [1.54, 1.807) is 12.1 Å². The molecule has 0 spiro atoms. The fourth-order valence-corrected chi connectivity index (χ4v) is 1.92. The summed E-state index contributed by atoms with van der Waals surface area (Å²) in [6.45, 7) is 2.13. The van der Waals surface area contributed by atoms with Crippen molar-refractivity contribution in [2.45, 2.75) is 19.8 Å². The van der Waals surface area contributed by atoms with Crippen LogP contribution in [-0.2, 0) is 6.42 Å². The van der Waals surface area contributed by atoms with Crippen LogP contribution < -0.4 is 11.1 Å². The van der Waals surface area contributed by atoms with Gasteiger partial charge in [-0.15, -0.1) is 0 Å². The second-order valence-corrected chi connectivity index (χ2v) is 4.23. The molecule has 0 aromatic heterocycles. The predicted octanol–water partition coefficient (Wildman–Crippen LogP) is 4.10. The first-order valence-electron chi connectivity index (χ1n) is 6.11. The Kier molecular flexibility index (Phi) is 3.82. The first-order chi connectivity index (χ1) is 8.72. The molecule has 0 bridgehead atoms. The molecule has 0 atom stereocenters. The number of rotatable bonds is 4. The molecule has 0 aliphatic heterocycles. The van der Waals surface area contributed by atoms with Crippen molar-refractivity contribution >= 4 is 17.1 Å². The van der Waals surface area contributed by atoms with E-state index in [2.05, 4.69) is 18.3 Å². The number of hydrogen-bond acceptors (Lipinski definition) is 2. The minimum absolute atomic E-state index is 0.156. The number of aryl methyl sites for hydroxylation is 1. The summed E-state index contributed by atoms with van der Waals surface area (Å²) in [6.07, 6.45) is 2.05. The Hall–Kier alpha value is -2.03. The summed E-state index contributed by atoms with van der Waals surface area (Å²) in [5.74, 6) is -0.395. The molecule has 0 aliphatic rings. The van der Waals surface area contributed by atoms with Crippen molar-refractivity contribution in [3.63, 3.8) is 0 Å². The van der Waals surface area contributed by atoms with Gasteiger partial charge in [0.25, 0.3) is 0 Å². The lowest BCUT2D eigenvalue weighted by Gasteiger charge is -2.13. The number of nitrogen functional groups attached to an aromatic ring is 1. The fraction of sp³-hybridized carbons (Fsp3) is 0.200. The van der Waals surface area contributed by atoms with E-state index >= 15 is 0 Å². The lowest BCUT2D eigenvalue weighted by molar-refractivity contribution is 0.633. The van der Waals surface area contributed by atoms with Crippen LogP contribution >= 0.6 is 0 Å². The molecule has 94 valence electrons. The van der Waals surface area contributed by atoms with Crippen LogP contribution in [0.4, 0.5) is 21.5 Å². The van der Waals surface area contributed by atoms with Crippen LogP contribution in [0.2, 0.25) is 0 Å². The molecule has 0 amide bonds. The Labute approximate surface area is 107 Å². The number of halogens is 1. The van der Waals surface area contributed by atoms with Crippen LogP contribution in [0.3, 0.4) is 0 Å². The highest BCUT2D eigenvalue weighted by atomic mass is 19.1. The van der Waals surface area contributed by atoms with Gasteiger partial charge in [-0.25, -0.2) is 4.39 Å². The smallest absolute Gasteiger partial charge is 0.148 e. The largest absolute Gasteiger partial charge is 0.395 e. The zero-order chi connectivity index (χ0) is 13.0. The van der Waals surface area contributed by atoms with Gasteiger partial charge in [0, 0.05) is 5.69 Å². The molecular formula is C15H17FN2. The van der Waals surface area contributed by atoms with Gasteiger partial charge in [-0.3, -0.25) is 0 Å². The van der Waals surface area contributed by atoms with Crippen LogP contribution in [0.5, 0.6) is 0 Å². The van der Waals surface area contributed by atoms with Crippen molar-refractivity contribution in [3.8, 4) is 0 Å². The van der Waals surface area contributed by atoms with Crippen LogP contribution in [0.25, 0.3) is 0 Å². The Morgan fingerprint density at radius 3 is 2.56 bits per heavy atom. The lowest BCUT2D eigenvalue weighted by atomic mass is 10.1. The minimum atomic E-state index is -0.395. The number of para-hydroxylation sites is 2. The van der Waals surface area contributed by atoms with E-state index in [0.717, 1.165) is 18.5 Å². The average Bonchev–Trinajstić information content (AvgIpc) is 2.37. The second kappa shape index (κ2) is 5.54. The van der Waals surface area contributed by atoms with Crippen LogP contribution in [0, 0.1) is 5.82 Å². The van der Waals surface area contributed by atoms with Crippen LogP contribution in [0.1, 0.15) is 18.9 Å². The molecule has 0 unspecified atom stereocenters. The lowest BCUT2D eigenvalue weighted by Crippen LogP contribution is -2.01. The Morgan fingerprint density at radius 2 is 1.78 bits per heavy atom. The number of nitrogens with two attached hydrogens (primary N) is 1. The summed E-state index contributed by atoms with van der Waals surface area (Å²) in [5.41, 5.74) is 8.68. The zero-order valence-electron chi connectivity index (χ0n) is 10.4. The van der Waals surface area contributed by atoms with Crippen molar-refractivity contribution in [2.75, 3.05) is 11.1 Å². The maximum absolute atomic E-state index is 13.4. The average molecular weight is 244 g/mol. The molecule has 3 heteroatoms. The standard InChI is InChI=1S/C15H17FN2/c1-2-6-11-7-3-4-9-13(11)18-14-10-5-8-12(16)15(14)17/h3-5,7-10,18H,2,6,17H2,1H3. The molecule has 3 N–H and O–H groups in total. The highest BCUT2D eigenvalue weighted by Gasteiger charge is 2.06. The first kappa shape index (κ1) is 12.4. The summed E-state index contributed by atoms with van der Waals surface area (Å²) < 4.78 is 13.4. The third-order valence-electron chi connectivity index (χ3n) is 2.86. The summed E-state index contributed by atoms with van der Waals surface area (Å²) in [4.78, 5) is 0. The van der Waals surface area contributed by atoms with Gasteiger partial charge in [-0.05, 0) is 30.2 Å². The van der Waals surface area contributed by atoms with E-state index in [4.69, 9.17) is 5.73 Å². The molecule has 2 aromatic carbocycles. The Balaban J connectivity index is 2.31. The minimum Gasteiger partial charge on any atom is -0.395 e. The van der Waals surface area contributed by atoms with E-state index in [1.807, 2.05) is 18.2 Å². The molecule has 0 fully saturated rings. The monoisotopic (exact) mass is 244 g/mol. The third-order valence-corrected chi connectivity index (χ3v) is 2.86. The number of benzene rings is 2. The van der Waals surface area contributed by atoms with Crippen molar-refractivity contribution < 1.29 is 4.39 Å². The van der Waals surface area contributed by atoms with Gasteiger partial charge in [-0.1, -0.05) is 37.6 Å². The van der Waals surface area contributed by atoms with Crippen molar-refractivity contribution in [1.82, 2.24) is 0 Å². The van der Waals surface area contributed by atoms with E-state index < -0.39 is 5.82 Å². The van der Waals surface area contributed by atoms with E-state index in [1.165, 1.54) is 11.6 Å². The van der Waals surface area contributed by atoms with Crippen molar-refractivity contribution in [2.24, 2.45) is 0 Å². The van der Waals surface area contributed by atoms with Gasteiger partial charge >= 0.3 is 0 Å². The van der Waals surface area contributed by atoms with Crippen molar-refractivity contribution in [1.29, 1.82) is 0 Å². The van der Waals surface area contributed by atoms with E-state index in [-0.39, 0.29) is 5.69 Å². The fourth-order valence-electron chi connectivity index (χ4n) is 1.92. The number of anilines is 3. The Bertz CT molecular complexity index is 538. The quantitative estimate of drug-likeness (QED) is 0.794. The zero-order valence-corrected chi connectivity index (χ0v) is 10.4. The maximum Gasteiger partial charge on any atom is 0.148 e. The maximum atomic E-state index is 13.4. The molecule has 0 saturated heterocycles. The van der Waals surface area contributed by atoms with Crippen LogP contribution in [0.15, 0.2) is 42.5 Å². The number of nitrogens with one attached hydrogen (secondary N) is 1. The van der Waals surface area contributed by atoms with Gasteiger partial charge in [0.15, 0.2) is 0 Å². The molecular weight excluding hydrogens is 227 g/mol. The molecule has 0 heterocycles. The van der Waals surface area contributed by atoms with E-state index in [9.17, 15) is 4.39 Å². The highest BCUT2D eigenvalue weighted by molar-refractivity contribution is 5.74. The van der Waals surface area contributed by atoms with Gasteiger partial charge < -0.3 is 11.1 Å². The normalized spacial score (nSPS) is 10.3. The first-order valence-corrected chi connectivity index (χ1v) is 6.11. The molecule has 0 radical (unpaired) electrons. The predicted molar refractivity (Wildman–Crippen MR) is 74.5 cm³/mol. The summed E-state index contributed by atoms with van der Waals surface area (Å²) in [7, 11) is 0. The molecule has 2 rings (SSSR count). The SMILES string of the molecule is CCCc1ccccc1Nc1cccc(F)c1N. The Morgan fingerprint density at radius 1 is 1.06 bits per heavy atom. The van der Waals surface area contributed by atoms with Crippen molar-refractivity contribution in [3.05, 3.63) is 53.8 Å². The summed E-state index contributed by atoms with van der Waals surface area (Å²) >= 11 is 0.